The van der Waals surface area contributed by atoms with Gasteiger partial charge >= 0.3 is 0 Å². The highest BCUT2D eigenvalue weighted by atomic mass is 16.5. The number of nitrogens with one attached hydrogen (secondary N) is 1. The fourth-order valence-electron chi connectivity index (χ4n) is 4.67. The standard InChI is InChI=1S/C29H33N3O4/c1-5-24(28(34)30-16-19(2)3)31(17-20-9-6-12-22(15-20)36-4)26(33)18-32-25-14-8-11-21-10-7-13-23(27(21)25)29(32)35/h6-15,19,24H,5,16-18H2,1-4H3,(H,30,34)/t24-/m1/s1. The summed E-state index contributed by atoms with van der Waals surface area (Å²) in [5.74, 6) is 0.279. The van der Waals surface area contributed by atoms with E-state index in [1.807, 2.05) is 75.4 Å². The molecule has 0 bridgehead atoms. The summed E-state index contributed by atoms with van der Waals surface area (Å²) in [6.45, 7) is 6.55. The first-order valence-corrected chi connectivity index (χ1v) is 12.4. The first-order chi connectivity index (χ1) is 17.3. The molecular weight excluding hydrogens is 454 g/mol. The Morgan fingerprint density at radius 2 is 1.78 bits per heavy atom. The summed E-state index contributed by atoms with van der Waals surface area (Å²) in [5.41, 5.74) is 2.16. The van der Waals surface area contributed by atoms with Crippen LogP contribution in [-0.4, -0.2) is 48.9 Å². The zero-order chi connectivity index (χ0) is 25.8. The van der Waals surface area contributed by atoms with Crippen LogP contribution in [0, 0.1) is 5.92 Å². The molecule has 3 aromatic rings. The van der Waals surface area contributed by atoms with E-state index in [0.29, 0.717) is 24.3 Å². The normalized spacial score (nSPS) is 13.2. The Bertz CT molecular complexity index is 1280. The molecule has 3 amide bonds. The van der Waals surface area contributed by atoms with Crippen molar-refractivity contribution < 1.29 is 19.1 Å². The van der Waals surface area contributed by atoms with E-state index in [-0.39, 0.29) is 36.7 Å². The highest BCUT2D eigenvalue weighted by Gasteiger charge is 2.35. The Balaban J connectivity index is 1.64. The average molecular weight is 488 g/mol. The summed E-state index contributed by atoms with van der Waals surface area (Å²) < 4.78 is 5.35. The van der Waals surface area contributed by atoms with Gasteiger partial charge in [-0.2, -0.15) is 0 Å². The smallest absolute Gasteiger partial charge is 0.259 e. The lowest BCUT2D eigenvalue weighted by Gasteiger charge is -2.32. The third-order valence-electron chi connectivity index (χ3n) is 6.50. The Kier molecular flexibility index (Phi) is 7.58. The Hall–Kier alpha value is -3.87. The van der Waals surface area contributed by atoms with Gasteiger partial charge in [0, 0.05) is 24.0 Å². The van der Waals surface area contributed by atoms with E-state index in [2.05, 4.69) is 5.32 Å². The van der Waals surface area contributed by atoms with Crippen LogP contribution in [0.25, 0.3) is 10.8 Å². The van der Waals surface area contributed by atoms with Crippen molar-refractivity contribution in [2.75, 3.05) is 25.1 Å². The van der Waals surface area contributed by atoms with Crippen molar-refractivity contribution in [3.63, 3.8) is 0 Å². The van der Waals surface area contributed by atoms with E-state index in [4.69, 9.17) is 4.74 Å². The van der Waals surface area contributed by atoms with Gasteiger partial charge in [-0.1, -0.05) is 57.2 Å². The molecule has 1 heterocycles. The lowest BCUT2D eigenvalue weighted by molar-refractivity contribution is -0.140. The van der Waals surface area contributed by atoms with E-state index in [9.17, 15) is 14.4 Å². The van der Waals surface area contributed by atoms with Gasteiger partial charge in [0.15, 0.2) is 0 Å². The van der Waals surface area contributed by atoms with Gasteiger partial charge in [-0.3, -0.25) is 19.3 Å². The molecule has 7 heteroatoms. The number of nitrogens with zero attached hydrogens (tertiary/aromatic N) is 2. The van der Waals surface area contributed by atoms with Crippen LogP contribution in [0.15, 0.2) is 60.7 Å². The highest BCUT2D eigenvalue weighted by molar-refractivity contribution is 6.26. The molecule has 1 atom stereocenters. The van der Waals surface area contributed by atoms with Gasteiger partial charge in [0.1, 0.15) is 18.3 Å². The monoisotopic (exact) mass is 487 g/mol. The number of methoxy groups -OCH3 is 1. The first-order valence-electron chi connectivity index (χ1n) is 12.4. The molecule has 0 unspecified atom stereocenters. The van der Waals surface area contributed by atoms with Gasteiger partial charge < -0.3 is 15.0 Å². The summed E-state index contributed by atoms with van der Waals surface area (Å²) in [5, 5.41) is 4.79. The van der Waals surface area contributed by atoms with Gasteiger partial charge in [-0.05, 0) is 47.6 Å². The molecule has 36 heavy (non-hydrogen) atoms. The second-order valence-corrected chi connectivity index (χ2v) is 9.51. The molecule has 0 saturated heterocycles. The van der Waals surface area contributed by atoms with Crippen molar-refractivity contribution in [1.82, 2.24) is 10.2 Å². The molecule has 1 N–H and O–H groups in total. The number of ether oxygens (including phenoxy) is 1. The topological polar surface area (TPSA) is 79.0 Å². The molecule has 4 rings (SSSR count). The minimum Gasteiger partial charge on any atom is -0.497 e. The fourth-order valence-corrected chi connectivity index (χ4v) is 4.67. The van der Waals surface area contributed by atoms with Crippen molar-refractivity contribution in [3.8, 4) is 5.75 Å². The van der Waals surface area contributed by atoms with E-state index in [1.54, 1.807) is 18.1 Å². The Labute approximate surface area is 212 Å². The van der Waals surface area contributed by atoms with Crippen LogP contribution in [0.5, 0.6) is 5.75 Å². The zero-order valence-corrected chi connectivity index (χ0v) is 21.3. The number of benzene rings is 3. The van der Waals surface area contributed by atoms with Crippen molar-refractivity contribution in [1.29, 1.82) is 0 Å². The molecule has 188 valence electrons. The summed E-state index contributed by atoms with van der Waals surface area (Å²) in [6.07, 6.45) is 0.448. The number of anilines is 1. The van der Waals surface area contributed by atoms with Gasteiger partial charge in [0.25, 0.3) is 5.91 Å². The van der Waals surface area contributed by atoms with Crippen molar-refractivity contribution in [3.05, 3.63) is 71.8 Å². The summed E-state index contributed by atoms with van der Waals surface area (Å²) in [7, 11) is 1.59. The number of amides is 3. The van der Waals surface area contributed by atoms with Crippen LogP contribution in [0.1, 0.15) is 43.1 Å². The Morgan fingerprint density at radius 1 is 1.06 bits per heavy atom. The van der Waals surface area contributed by atoms with Crippen LogP contribution >= 0.6 is 0 Å². The third-order valence-corrected chi connectivity index (χ3v) is 6.50. The van der Waals surface area contributed by atoms with E-state index < -0.39 is 6.04 Å². The van der Waals surface area contributed by atoms with Crippen LogP contribution in [0.4, 0.5) is 5.69 Å². The van der Waals surface area contributed by atoms with E-state index in [1.165, 1.54) is 4.90 Å². The van der Waals surface area contributed by atoms with Crippen LogP contribution < -0.4 is 15.0 Å². The molecule has 1 aliphatic rings. The quantitative estimate of drug-likeness (QED) is 0.460. The van der Waals surface area contributed by atoms with Crippen molar-refractivity contribution in [2.24, 2.45) is 5.92 Å². The molecule has 0 saturated carbocycles. The average Bonchev–Trinajstić information content (AvgIpc) is 3.15. The predicted octanol–water partition coefficient (Wildman–Crippen LogP) is 4.39. The van der Waals surface area contributed by atoms with Gasteiger partial charge in [0.05, 0.1) is 12.8 Å². The van der Waals surface area contributed by atoms with Crippen molar-refractivity contribution >= 4 is 34.2 Å². The SMILES string of the molecule is CC[C@H](C(=O)NCC(C)C)N(Cc1cccc(OC)c1)C(=O)CN1C(=O)c2cccc3cccc1c23. The van der Waals surface area contributed by atoms with E-state index in [0.717, 1.165) is 22.0 Å². The minimum atomic E-state index is -0.668. The first kappa shape index (κ1) is 25.2. The molecule has 0 spiro atoms. The molecule has 7 nitrogen and oxygen atoms in total. The molecule has 0 fully saturated rings. The summed E-state index contributed by atoms with van der Waals surface area (Å²) in [6, 6.07) is 18.1. The molecule has 0 aromatic heterocycles. The molecule has 0 aliphatic carbocycles. The second-order valence-electron chi connectivity index (χ2n) is 9.51. The summed E-state index contributed by atoms with van der Waals surface area (Å²) in [4.78, 5) is 43.4. The maximum Gasteiger partial charge on any atom is 0.259 e. The van der Waals surface area contributed by atoms with Crippen LogP contribution in [0.3, 0.4) is 0 Å². The highest BCUT2D eigenvalue weighted by Crippen LogP contribution is 2.37. The number of rotatable bonds is 10. The lowest BCUT2D eigenvalue weighted by Crippen LogP contribution is -2.52. The van der Waals surface area contributed by atoms with Gasteiger partial charge in [0.2, 0.25) is 11.8 Å². The number of hydrogen-bond donors (Lipinski definition) is 1. The molecule has 3 aromatic carbocycles. The van der Waals surface area contributed by atoms with Gasteiger partial charge in [-0.15, -0.1) is 0 Å². The van der Waals surface area contributed by atoms with Gasteiger partial charge in [-0.25, -0.2) is 0 Å². The molecule has 0 radical (unpaired) electrons. The largest absolute Gasteiger partial charge is 0.497 e. The molecular formula is C29H33N3O4. The lowest BCUT2D eigenvalue weighted by atomic mass is 10.1. The number of carbonyl (C=O) groups excluding carboxylic acids is 3. The maximum absolute atomic E-state index is 13.8. The van der Waals surface area contributed by atoms with Crippen molar-refractivity contribution in [2.45, 2.75) is 39.8 Å². The third kappa shape index (κ3) is 5.05. The predicted molar refractivity (Wildman–Crippen MR) is 141 cm³/mol. The van der Waals surface area contributed by atoms with Crippen LogP contribution in [-0.2, 0) is 16.1 Å². The van der Waals surface area contributed by atoms with E-state index >= 15 is 0 Å². The Morgan fingerprint density at radius 3 is 2.47 bits per heavy atom. The summed E-state index contributed by atoms with van der Waals surface area (Å²) >= 11 is 0. The fraction of sp³-hybridized carbons (Fsp3) is 0.345. The molecule has 1 aliphatic heterocycles. The number of hydrogen-bond acceptors (Lipinski definition) is 4. The number of carbonyl (C=O) groups is 3. The maximum atomic E-state index is 13.8. The minimum absolute atomic E-state index is 0.148. The zero-order valence-electron chi connectivity index (χ0n) is 21.3. The second kappa shape index (κ2) is 10.8. The van der Waals surface area contributed by atoms with Crippen LogP contribution in [0.2, 0.25) is 0 Å².